The third-order valence-corrected chi connectivity index (χ3v) is 1.97. The van der Waals surface area contributed by atoms with Gasteiger partial charge in [-0.05, 0) is 19.5 Å². The van der Waals surface area contributed by atoms with E-state index in [0.717, 1.165) is 12.6 Å². The Morgan fingerprint density at radius 3 is 2.86 bits per heavy atom. The van der Waals surface area contributed by atoms with Crippen LogP contribution in [0.25, 0.3) is 0 Å². The summed E-state index contributed by atoms with van der Waals surface area (Å²) in [4.78, 5) is 0. The first-order valence-electron chi connectivity index (χ1n) is 4.61. The van der Waals surface area contributed by atoms with E-state index < -0.39 is 5.92 Å². The molecule has 1 aromatic rings. The van der Waals surface area contributed by atoms with Gasteiger partial charge in [-0.1, -0.05) is 0 Å². The molecule has 0 atom stereocenters. The Morgan fingerprint density at radius 1 is 1.57 bits per heavy atom. The predicted molar refractivity (Wildman–Crippen MR) is 50.2 cm³/mol. The van der Waals surface area contributed by atoms with Gasteiger partial charge in [-0.15, -0.1) is 0 Å². The van der Waals surface area contributed by atoms with Gasteiger partial charge in [0.25, 0.3) is 0 Å². The van der Waals surface area contributed by atoms with Crippen molar-refractivity contribution in [1.82, 2.24) is 9.78 Å². The van der Waals surface area contributed by atoms with Crippen LogP contribution in [0.4, 0.5) is 8.78 Å². The number of aromatic nitrogens is 2. The molecule has 0 aromatic carbocycles. The zero-order valence-electron chi connectivity index (χ0n) is 8.21. The Bertz CT molecular complexity index is 278. The number of alkyl halides is 2. The molecule has 0 spiro atoms. The van der Waals surface area contributed by atoms with Gasteiger partial charge in [-0.3, -0.25) is 4.68 Å². The highest BCUT2D eigenvalue weighted by Crippen LogP contribution is 2.17. The van der Waals surface area contributed by atoms with Gasteiger partial charge in [0.2, 0.25) is 5.92 Å². The van der Waals surface area contributed by atoms with Crippen LogP contribution < -0.4 is 5.73 Å². The second-order valence-electron chi connectivity index (χ2n) is 3.40. The quantitative estimate of drug-likeness (QED) is 0.786. The van der Waals surface area contributed by atoms with E-state index in [1.165, 1.54) is 0 Å². The minimum Gasteiger partial charge on any atom is -0.330 e. The van der Waals surface area contributed by atoms with Gasteiger partial charge in [0.05, 0.1) is 0 Å². The maximum Gasteiger partial charge on any atom is 0.247 e. The van der Waals surface area contributed by atoms with Crippen LogP contribution >= 0.6 is 0 Å². The molecule has 5 heteroatoms. The van der Waals surface area contributed by atoms with Crippen molar-refractivity contribution in [2.45, 2.75) is 32.2 Å². The van der Waals surface area contributed by atoms with Crippen LogP contribution in [0.2, 0.25) is 0 Å². The monoisotopic (exact) mass is 203 g/mol. The number of rotatable bonds is 5. The van der Waals surface area contributed by atoms with E-state index in [2.05, 4.69) is 5.10 Å². The largest absolute Gasteiger partial charge is 0.330 e. The number of nitrogens with two attached hydrogens (primary N) is 1. The first-order chi connectivity index (χ1) is 6.53. The molecule has 3 nitrogen and oxygen atoms in total. The van der Waals surface area contributed by atoms with Crippen molar-refractivity contribution in [1.29, 1.82) is 0 Å². The first kappa shape index (κ1) is 11.1. The predicted octanol–water partition coefficient (Wildman–Crippen LogP) is 1.43. The fraction of sp³-hybridized carbons (Fsp3) is 0.667. The lowest BCUT2D eigenvalue weighted by Gasteiger charge is -2.11. The van der Waals surface area contributed by atoms with Crippen molar-refractivity contribution >= 4 is 0 Å². The summed E-state index contributed by atoms with van der Waals surface area (Å²) < 4.78 is 26.7. The molecule has 0 unspecified atom stereocenters. The Labute approximate surface area is 81.9 Å². The normalized spacial score (nSPS) is 12.0. The molecule has 1 heterocycles. The van der Waals surface area contributed by atoms with Crippen molar-refractivity contribution in [2.75, 3.05) is 6.54 Å². The van der Waals surface area contributed by atoms with Crippen LogP contribution in [0.1, 0.15) is 19.0 Å². The minimum atomic E-state index is -2.63. The third-order valence-electron chi connectivity index (χ3n) is 1.97. The van der Waals surface area contributed by atoms with Gasteiger partial charge < -0.3 is 5.73 Å². The second-order valence-corrected chi connectivity index (χ2v) is 3.40. The topological polar surface area (TPSA) is 43.8 Å². The van der Waals surface area contributed by atoms with Crippen molar-refractivity contribution in [3.63, 3.8) is 0 Å². The van der Waals surface area contributed by atoms with Crippen molar-refractivity contribution in [2.24, 2.45) is 5.73 Å². The van der Waals surface area contributed by atoms with E-state index in [9.17, 15) is 8.78 Å². The van der Waals surface area contributed by atoms with Gasteiger partial charge in [0.1, 0.15) is 0 Å². The third kappa shape index (κ3) is 3.41. The molecule has 1 rings (SSSR count). The Hall–Kier alpha value is -0.970. The summed E-state index contributed by atoms with van der Waals surface area (Å²) in [6.07, 6.45) is 2.10. The number of nitrogens with zero attached hydrogens (tertiary/aromatic N) is 2. The van der Waals surface area contributed by atoms with Crippen LogP contribution in [0.3, 0.4) is 0 Å². The molecule has 80 valence electrons. The summed E-state index contributed by atoms with van der Waals surface area (Å²) in [7, 11) is 0. The van der Waals surface area contributed by atoms with Gasteiger partial charge in [0, 0.05) is 31.3 Å². The van der Waals surface area contributed by atoms with Crippen LogP contribution in [-0.4, -0.2) is 22.2 Å². The van der Waals surface area contributed by atoms with Crippen LogP contribution in [0.15, 0.2) is 12.3 Å². The van der Waals surface area contributed by atoms with Crippen LogP contribution in [0, 0.1) is 0 Å². The number of halogens is 2. The fourth-order valence-electron chi connectivity index (χ4n) is 1.22. The van der Waals surface area contributed by atoms with E-state index in [1.807, 2.05) is 0 Å². The van der Waals surface area contributed by atoms with Gasteiger partial charge in [0.15, 0.2) is 0 Å². The Morgan fingerprint density at radius 2 is 2.29 bits per heavy atom. The van der Waals surface area contributed by atoms with Gasteiger partial charge >= 0.3 is 0 Å². The zero-order chi connectivity index (χ0) is 10.6. The molecule has 0 radical (unpaired) electrons. The molecule has 14 heavy (non-hydrogen) atoms. The fourth-order valence-corrected chi connectivity index (χ4v) is 1.22. The number of aryl methyl sites for hydroxylation is 1. The summed E-state index contributed by atoms with van der Waals surface area (Å²) in [6, 6.07) is 1.81. The SMILES string of the molecule is CC(F)(F)CCn1nccc1CCN. The van der Waals surface area contributed by atoms with Crippen LogP contribution in [-0.2, 0) is 13.0 Å². The van der Waals surface area contributed by atoms with E-state index in [4.69, 9.17) is 5.73 Å². The molecule has 0 fully saturated rings. The van der Waals surface area contributed by atoms with E-state index in [0.29, 0.717) is 13.0 Å². The van der Waals surface area contributed by atoms with Gasteiger partial charge in [-0.25, -0.2) is 8.78 Å². The highest BCUT2D eigenvalue weighted by molar-refractivity contribution is 5.00. The molecular formula is C9H15F2N3. The maximum atomic E-state index is 12.6. The molecule has 0 bridgehead atoms. The standard InChI is InChI=1S/C9H15F2N3/c1-9(10,11)4-7-14-8(2-5-12)3-6-13-14/h3,6H,2,4-5,7,12H2,1H3. The van der Waals surface area contributed by atoms with E-state index in [1.54, 1.807) is 16.9 Å². The smallest absolute Gasteiger partial charge is 0.247 e. The zero-order valence-corrected chi connectivity index (χ0v) is 8.21. The maximum absolute atomic E-state index is 12.6. The number of hydrogen-bond acceptors (Lipinski definition) is 2. The molecule has 1 aromatic heterocycles. The minimum absolute atomic E-state index is 0.188. The van der Waals surface area contributed by atoms with Gasteiger partial charge in [-0.2, -0.15) is 5.10 Å². The Kier molecular flexibility index (Phi) is 3.57. The Balaban J connectivity index is 2.53. The molecule has 0 saturated carbocycles. The summed E-state index contributed by atoms with van der Waals surface area (Å²) in [5, 5.41) is 3.97. The first-order valence-corrected chi connectivity index (χ1v) is 4.61. The molecular weight excluding hydrogens is 188 g/mol. The number of hydrogen-bond donors (Lipinski definition) is 1. The molecule has 0 aliphatic heterocycles. The lowest BCUT2D eigenvalue weighted by molar-refractivity contribution is 0.00760. The molecule has 0 aliphatic carbocycles. The highest BCUT2D eigenvalue weighted by atomic mass is 19.3. The van der Waals surface area contributed by atoms with Crippen molar-refractivity contribution in [3.05, 3.63) is 18.0 Å². The average Bonchev–Trinajstić information content (AvgIpc) is 2.48. The summed E-state index contributed by atoms with van der Waals surface area (Å²) in [5.74, 6) is -2.63. The molecule has 0 aliphatic rings. The van der Waals surface area contributed by atoms with Crippen LogP contribution in [0.5, 0.6) is 0 Å². The lowest BCUT2D eigenvalue weighted by atomic mass is 10.2. The average molecular weight is 203 g/mol. The summed E-state index contributed by atoms with van der Waals surface area (Å²) in [5.41, 5.74) is 6.29. The summed E-state index contributed by atoms with van der Waals surface area (Å²) in [6.45, 7) is 1.67. The van der Waals surface area contributed by atoms with Crippen molar-refractivity contribution < 1.29 is 8.78 Å². The molecule has 0 saturated heterocycles. The van der Waals surface area contributed by atoms with E-state index in [-0.39, 0.29) is 13.0 Å². The second kappa shape index (κ2) is 4.50. The molecule has 0 amide bonds. The highest BCUT2D eigenvalue weighted by Gasteiger charge is 2.21. The van der Waals surface area contributed by atoms with Crippen molar-refractivity contribution in [3.8, 4) is 0 Å². The lowest BCUT2D eigenvalue weighted by Crippen LogP contribution is -2.17. The van der Waals surface area contributed by atoms with E-state index >= 15 is 0 Å². The summed E-state index contributed by atoms with van der Waals surface area (Å²) >= 11 is 0. The molecule has 2 N–H and O–H groups in total.